The lowest BCUT2D eigenvalue weighted by Gasteiger charge is -2.03. The number of aromatic nitrogens is 4. The van der Waals surface area contributed by atoms with Crippen LogP contribution in [-0.4, -0.2) is 27.4 Å². The zero-order chi connectivity index (χ0) is 16.9. The Balaban J connectivity index is 1.56. The number of methoxy groups -OCH3 is 1. The Morgan fingerprint density at radius 2 is 2.04 bits per heavy atom. The number of anilines is 2. The topological polar surface area (TPSA) is 86.0 Å². The van der Waals surface area contributed by atoms with Crippen molar-refractivity contribution in [1.29, 1.82) is 0 Å². The number of thioether (sulfide) groups is 1. The number of rotatable bonds is 7. The summed E-state index contributed by atoms with van der Waals surface area (Å²) in [6, 6.07) is 7.64. The van der Waals surface area contributed by atoms with Gasteiger partial charge in [-0.1, -0.05) is 42.1 Å². The van der Waals surface area contributed by atoms with Gasteiger partial charge in [-0.3, -0.25) is 0 Å². The van der Waals surface area contributed by atoms with Gasteiger partial charge in [0.2, 0.25) is 11.0 Å². The molecule has 24 heavy (non-hydrogen) atoms. The lowest BCUT2D eigenvalue weighted by Crippen LogP contribution is -1.90. The lowest BCUT2D eigenvalue weighted by atomic mass is 10.2. The molecule has 7 nitrogen and oxygen atoms in total. The van der Waals surface area contributed by atoms with E-state index < -0.39 is 0 Å². The van der Waals surface area contributed by atoms with Gasteiger partial charge >= 0.3 is 0 Å². The van der Waals surface area contributed by atoms with Crippen LogP contribution in [0, 0.1) is 0 Å². The maximum atomic E-state index is 5.22. The number of hydrogen-bond donors (Lipinski definition) is 1. The van der Waals surface area contributed by atoms with E-state index in [0.29, 0.717) is 11.6 Å². The number of ether oxygens (including phenoxy) is 1. The Labute approximate surface area is 147 Å². The van der Waals surface area contributed by atoms with Crippen LogP contribution in [0.25, 0.3) is 0 Å². The van der Waals surface area contributed by atoms with E-state index >= 15 is 0 Å². The molecule has 3 aromatic rings. The van der Waals surface area contributed by atoms with Crippen molar-refractivity contribution in [3.63, 3.8) is 0 Å². The molecule has 0 aliphatic carbocycles. The Kier molecular flexibility index (Phi) is 5.31. The van der Waals surface area contributed by atoms with Crippen molar-refractivity contribution in [2.75, 3.05) is 12.4 Å². The second-order valence-corrected chi connectivity index (χ2v) is 7.42. The molecule has 0 saturated carbocycles. The molecular formula is C15H17N5O2S2. The van der Waals surface area contributed by atoms with Gasteiger partial charge in [0, 0.05) is 11.6 Å². The van der Waals surface area contributed by atoms with E-state index in [1.54, 1.807) is 7.11 Å². The van der Waals surface area contributed by atoms with Crippen LogP contribution >= 0.6 is 23.1 Å². The van der Waals surface area contributed by atoms with Crippen molar-refractivity contribution in [1.82, 2.24) is 20.3 Å². The fourth-order valence-corrected chi connectivity index (χ4v) is 3.41. The highest BCUT2D eigenvalue weighted by molar-refractivity contribution is 8.00. The van der Waals surface area contributed by atoms with E-state index in [0.717, 1.165) is 26.7 Å². The molecule has 2 aromatic heterocycles. The minimum atomic E-state index is 0.259. The van der Waals surface area contributed by atoms with Gasteiger partial charge < -0.3 is 14.6 Å². The predicted octanol–water partition coefficient (Wildman–Crippen LogP) is 4.09. The molecule has 0 aliphatic heterocycles. The summed E-state index contributed by atoms with van der Waals surface area (Å²) in [4.78, 5) is 4.35. The number of nitrogens with one attached hydrogen (secondary N) is 1. The molecule has 126 valence electrons. The van der Waals surface area contributed by atoms with Gasteiger partial charge in [-0.15, -0.1) is 10.2 Å². The number of nitrogens with zero attached hydrogens (tertiary/aromatic N) is 4. The molecule has 3 rings (SSSR count). The molecule has 0 atom stereocenters. The molecule has 0 fully saturated rings. The summed E-state index contributed by atoms with van der Waals surface area (Å²) in [5.41, 5.74) is 0.932. The van der Waals surface area contributed by atoms with Crippen LogP contribution in [0.5, 0.6) is 5.75 Å². The van der Waals surface area contributed by atoms with Crippen molar-refractivity contribution in [3.8, 4) is 5.75 Å². The predicted molar refractivity (Wildman–Crippen MR) is 94.1 cm³/mol. The van der Waals surface area contributed by atoms with E-state index in [-0.39, 0.29) is 5.92 Å². The zero-order valence-corrected chi connectivity index (χ0v) is 15.1. The van der Waals surface area contributed by atoms with Crippen molar-refractivity contribution in [2.45, 2.75) is 29.9 Å². The molecule has 0 spiro atoms. The minimum Gasteiger partial charge on any atom is -0.497 e. The smallest absolute Gasteiger partial charge is 0.237 e. The highest BCUT2D eigenvalue weighted by Gasteiger charge is 2.12. The van der Waals surface area contributed by atoms with Crippen LogP contribution in [0.3, 0.4) is 0 Å². The molecule has 1 N–H and O–H groups in total. The van der Waals surface area contributed by atoms with Gasteiger partial charge in [0.25, 0.3) is 0 Å². The molecule has 9 heteroatoms. The Morgan fingerprint density at radius 3 is 2.71 bits per heavy atom. The Bertz CT molecular complexity index is 785. The summed E-state index contributed by atoms with van der Waals surface area (Å²) < 4.78 is 11.2. The molecule has 1 aromatic carbocycles. The summed E-state index contributed by atoms with van der Waals surface area (Å²) in [5.74, 6) is 2.98. The first-order valence-corrected chi connectivity index (χ1v) is 9.14. The fourth-order valence-electron chi connectivity index (χ4n) is 1.80. The van der Waals surface area contributed by atoms with Crippen molar-refractivity contribution >= 4 is 33.9 Å². The van der Waals surface area contributed by atoms with Gasteiger partial charge in [0.1, 0.15) is 5.75 Å². The molecule has 0 aliphatic rings. The number of benzene rings is 1. The summed E-state index contributed by atoms with van der Waals surface area (Å²) in [6.07, 6.45) is 0. The van der Waals surface area contributed by atoms with Crippen molar-refractivity contribution in [2.24, 2.45) is 0 Å². The maximum absolute atomic E-state index is 5.22. The first-order valence-electron chi connectivity index (χ1n) is 7.34. The second-order valence-electron chi connectivity index (χ2n) is 5.22. The van der Waals surface area contributed by atoms with Crippen molar-refractivity contribution in [3.05, 3.63) is 36.0 Å². The van der Waals surface area contributed by atoms with Crippen LogP contribution < -0.4 is 10.1 Å². The molecule has 0 radical (unpaired) electrons. The van der Waals surface area contributed by atoms with Gasteiger partial charge in [0.15, 0.2) is 10.2 Å². The van der Waals surface area contributed by atoms with E-state index in [1.165, 1.54) is 23.1 Å². The maximum Gasteiger partial charge on any atom is 0.237 e. The summed E-state index contributed by atoms with van der Waals surface area (Å²) in [6.45, 7) is 4.06. The molecule has 0 saturated heterocycles. The first-order chi connectivity index (χ1) is 11.6. The highest BCUT2D eigenvalue weighted by Crippen LogP contribution is 2.30. The molecule has 0 amide bonds. The molecule has 0 bridgehead atoms. The van der Waals surface area contributed by atoms with E-state index in [2.05, 4.69) is 25.7 Å². The Hall–Kier alpha value is -2.13. The monoisotopic (exact) mass is 363 g/mol. The lowest BCUT2D eigenvalue weighted by molar-refractivity contribution is 0.383. The van der Waals surface area contributed by atoms with Crippen LogP contribution in [0.2, 0.25) is 0 Å². The summed E-state index contributed by atoms with van der Waals surface area (Å²) >= 11 is 3.00. The van der Waals surface area contributed by atoms with Gasteiger partial charge in [-0.05, 0) is 24.3 Å². The minimum absolute atomic E-state index is 0.259. The summed E-state index contributed by atoms with van der Waals surface area (Å²) in [5, 5.41) is 16.2. The normalized spacial score (nSPS) is 11.0. The fraction of sp³-hybridized carbons (Fsp3) is 0.333. The largest absolute Gasteiger partial charge is 0.497 e. The quantitative estimate of drug-likeness (QED) is 0.628. The van der Waals surface area contributed by atoms with E-state index in [9.17, 15) is 0 Å². The van der Waals surface area contributed by atoms with Crippen LogP contribution in [-0.2, 0) is 5.75 Å². The molecule has 0 unspecified atom stereocenters. The number of hydrogen-bond acceptors (Lipinski definition) is 9. The molecular weight excluding hydrogens is 346 g/mol. The average molecular weight is 363 g/mol. The van der Waals surface area contributed by atoms with Gasteiger partial charge in [-0.25, -0.2) is 0 Å². The van der Waals surface area contributed by atoms with E-state index in [1.807, 2.05) is 38.1 Å². The summed E-state index contributed by atoms with van der Waals surface area (Å²) in [7, 11) is 1.64. The standard InChI is InChI=1S/C15H17N5O2S2/c1-9(2)13-17-12(22-20-13)8-23-15-19-18-14(24-15)16-10-4-6-11(21-3)7-5-10/h4-7,9H,8H2,1-3H3,(H,16,18). The first kappa shape index (κ1) is 16.7. The van der Waals surface area contributed by atoms with Crippen molar-refractivity contribution < 1.29 is 9.26 Å². The van der Waals surface area contributed by atoms with Crippen LogP contribution in [0.4, 0.5) is 10.8 Å². The van der Waals surface area contributed by atoms with Gasteiger partial charge in [-0.2, -0.15) is 4.98 Å². The third kappa shape index (κ3) is 4.24. The average Bonchev–Trinajstić information content (AvgIpc) is 3.23. The second kappa shape index (κ2) is 7.63. The van der Waals surface area contributed by atoms with Crippen LogP contribution in [0.15, 0.2) is 33.1 Å². The van der Waals surface area contributed by atoms with Gasteiger partial charge in [0.05, 0.1) is 12.9 Å². The third-order valence-electron chi connectivity index (χ3n) is 3.07. The van der Waals surface area contributed by atoms with E-state index in [4.69, 9.17) is 9.26 Å². The molecule has 2 heterocycles. The highest BCUT2D eigenvalue weighted by atomic mass is 32.2. The zero-order valence-electron chi connectivity index (χ0n) is 13.5. The SMILES string of the molecule is COc1ccc(Nc2nnc(SCc3nc(C(C)C)no3)s2)cc1. The third-order valence-corrected chi connectivity index (χ3v) is 5.02. The van der Waals surface area contributed by atoms with Crippen LogP contribution in [0.1, 0.15) is 31.5 Å². The Morgan fingerprint density at radius 1 is 1.25 bits per heavy atom.